The summed E-state index contributed by atoms with van der Waals surface area (Å²) in [5, 5.41) is 3.27. The highest BCUT2D eigenvalue weighted by Crippen LogP contribution is 2.25. The molecule has 1 aliphatic rings. The minimum atomic E-state index is -3.41. The Hall–Kier alpha value is -1.41. The van der Waals surface area contributed by atoms with Crippen molar-refractivity contribution < 1.29 is 8.42 Å². The Morgan fingerprint density at radius 1 is 1.38 bits per heavy atom. The van der Waals surface area contributed by atoms with Crippen LogP contribution in [-0.4, -0.2) is 41.9 Å². The molecule has 0 amide bonds. The predicted octanol–water partition coefficient (Wildman–Crippen LogP) is 1.63. The van der Waals surface area contributed by atoms with E-state index in [4.69, 9.17) is 0 Å². The van der Waals surface area contributed by atoms with Crippen LogP contribution in [0, 0.1) is 6.92 Å². The summed E-state index contributed by atoms with van der Waals surface area (Å²) in [6.07, 6.45) is 3.55. The lowest BCUT2D eigenvalue weighted by atomic mass is 10.2. The zero-order valence-corrected chi connectivity index (χ0v) is 15.5. The summed E-state index contributed by atoms with van der Waals surface area (Å²) < 4.78 is 29.4. The van der Waals surface area contributed by atoms with Crippen LogP contribution in [0.1, 0.15) is 23.0 Å². The molecule has 1 saturated heterocycles. The first-order valence-electron chi connectivity index (χ1n) is 7.70. The summed E-state index contributed by atoms with van der Waals surface area (Å²) in [4.78, 5) is 4.34. The molecule has 1 atom stereocenters. The maximum Gasteiger partial charge on any atom is 0.219 e. The van der Waals surface area contributed by atoms with Gasteiger partial charge >= 0.3 is 0 Å². The average molecular weight is 371 g/mol. The number of hydrogen-bond acceptors (Lipinski definition) is 4. The first-order valence-corrected chi connectivity index (χ1v) is 9.31. The molecule has 1 aliphatic heterocycles. The van der Waals surface area contributed by atoms with Crippen LogP contribution < -0.4 is 5.32 Å². The lowest BCUT2D eigenvalue weighted by molar-refractivity contribution is 0.258. The van der Waals surface area contributed by atoms with E-state index in [-0.39, 0.29) is 24.2 Å². The Morgan fingerprint density at radius 2 is 2.17 bits per heavy atom. The standard InChI is InChI=1S/C16H22N4O2S.ClH/c1-13-4-3-5-14(10-13)12-23(21,22)20-9-6-17-11-15(20)16-18-7-8-19(16)2;/h3-5,7-8,10,15,17H,6,9,11-12H2,1-2H3;1H. The number of piperazine rings is 1. The lowest BCUT2D eigenvalue weighted by Gasteiger charge is -2.34. The fourth-order valence-electron chi connectivity index (χ4n) is 3.03. The van der Waals surface area contributed by atoms with E-state index in [1.807, 2.05) is 49.0 Å². The highest BCUT2D eigenvalue weighted by Gasteiger charge is 2.35. The first kappa shape index (κ1) is 18.9. The van der Waals surface area contributed by atoms with Crippen molar-refractivity contribution in [1.82, 2.24) is 19.2 Å². The lowest BCUT2D eigenvalue weighted by Crippen LogP contribution is -2.49. The van der Waals surface area contributed by atoms with Crippen molar-refractivity contribution >= 4 is 22.4 Å². The number of rotatable bonds is 4. The third-order valence-electron chi connectivity index (χ3n) is 4.14. The van der Waals surface area contributed by atoms with Crippen LogP contribution in [0.3, 0.4) is 0 Å². The van der Waals surface area contributed by atoms with E-state index in [1.165, 1.54) is 0 Å². The number of imidazole rings is 1. The van der Waals surface area contributed by atoms with Gasteiger partial charge in [-0.05, 0) is 12.5 Å². The Kier molecular flexibility index (Phi) is 6.03. The second kappa shape index (κ2) is 7.65. The molecule has 24 heavy (non-hydrogen) atoms. The molecule has 0 aliphatic carbocycles. The normalized spacial score (nSPS) is 19.0. The van der Waals surface area contributed by atoms with Crippen molar-refractivity contribution in [3.05, 3.63) is 53.6 Å². The molecule has 2 heterocycles. The van der Waals surface area contributed by atoms with Crippen molar-refractivity contribution in [3.8, 4) is 0 Å². The van der Waals surface area contributed by atoms with Crippen LogP contribution in [0.15, 0.2) is 36.7 Å². The van der Waals surface area contributed by atoms with Gasteiger partial charge in [-0.2, -0.15) is 4.31 Å². The van der Waals surface area contributed by atoms with Crippen LogP contribution >= 0.6 is 12.4 Å². The fourth-order valence-corrected chi connectivity index (χ4v) is 4.73. The summed E-state index contributed by atoms with van der Waals surface area (Å²) in [5.74, 6) is 0.792. The van der Waals surface area contributed by atoms with Crippen molar-refractivity contribution in [2.45, 2.75) is 18.7 Å². The van der Waals surface area contributed by atoms with Crippen molar-refractivity contribution in [2.75, 3.05) is 19.6 Å². The van der Waals surface area contributed by atoms with E-state index in [2.05, 4.69) is 10.3 Å². The molecular weight excluding hydrogens is 348 g/mol. The van der Waals surface area contributed by atoms with Crippen LogP contribution in [-0.2, 0) is 22.8 Å². The van der Waals surface area contributed by atoms with Gasteiger partial charge in [-0.3, -0.25) is 0 Å². The number of nitrogens with zero attached hydrogens (tertiary/aromatic N) is 3. The quantitative estimate of drug-likeness (QED) is 0.888. The molecule has 3 rings (SSSR count). The molecule has 6 nitrogen and oxygen atoms in total. The molecular formula is C16H23ClN4O2S. The van der Waals surface area contributed by atoms with Crippen LogP contribution in [0.2, 0.25) is 0 Å². The number of aryl methyl sites for hydroxylation is 2. The van der Waals surface area contributed by atoms with Gasteiger partial charge in [0.2, 0.25) is 10.0 Å². The number of hydrogen-bond donors (Lipinski definition) is 1. The predicted molar refractivity (Wildman–Crippen MR) is 96.6 cm³/mol. The molecule has 0 bridgehead atoms. The topological polar surface area (TPSA) is 67.2 Å². The monoisotopic (exact) mass is 370 g/mol. The molecule has 0 radical (unpaired) electrons. The number of nitrogens with one attached hydrogen (secondary N) is 1. The second-order valence-corrected chi connectivity index (χ2v) is 7.89. The second-order valence-electron chi connectivity index (χ2n) is 5.97. The molecule has 2 aromatic rings. The molecule has 1 aromatic carbocycles. The molecule has 0 spiro atoms. The van der Waals surface area contributed by atoms with Crippen molar-refractivity contribution in [1.29, 1.82) is 0 Å². The Labute approximate surface area is 149 Å². The van der Waals surface area contributed by atoms with E-state index in [1.54, 1.807) is 10.5 Å². The Morgan fingerprint density at radius 3 is 2.83 bits per heavy atom. The third-order valence-corrected chi connectivity index (χ3v) is 5.99. The van der Waals surface area contributed by atoms with Gasteiger partial charge in [-0.1, -0.05) is 29.8 Å². The number of sulfonamides is 1. The summed E-state index contributed by atoms with van der Waals surface area (Å²) in [5.41, 5.74) is 1.89. The Balaban J connectivity index is 0.00000208. The van der Waals surface area contributed by atoms with Gasteiger partial charge in [0.15, 0.2) is 0 Å². The fraction of sp³-hybridized carbons (Fsp3) is 0.438. The van der Waals surface area contributed by atoms with Crippen molar-refractivity contribution in [3.63, 3.8) is 0 Å². The van der Waals surface area contributed by atoms with Gasteiger partial charge in [-0.25, -0.2) is 13.4 Å². The van der Waals surface area contributed by atoms with Gasteiger partial charge < -0.3 is 9.88 Å². The van der Waals surface area contributed by atoms with Gasteiger partial charge in [0, 0.05) is 39.1 Å². The number of halogens is 1. The summed E-state index contributed by atoms with van der Waals surface area (Å²) >= 11 is 0. The molecule has 1 N–H and O–H groups in total. The van der Waals surface area contributed by atoms with Crippen LogP contribution in [0.25, 0.3) is 0 Å². The van der Waals surface area contributed by atoms with E-state index >= 15 is 0 Å². The molecule has 1 aromatic heterocycles. The van der Waals surface area contributed by atoms with Gasteiger partial charge in [0.05, 0.1) is 11.8 Å². The summed E-state index contributed by atoms with van der Waals surface area (Å²) in [7, 11) is -1.51. The van der Waals surface area contributed by atoms with E-state index in [9.17, 15) is 8.42 Å². The molecule has 1 unspecified atom stereocenters. The van der Waals surface area contributed by atoms with Crippen LogP contribution in [0.4, 0.5) is 0 Å². The molecule has 0 saturated carbocycles. The molecule has 132 valence electrons. The van der Waals surface area contributed by atoms with Crippen molar-refractivity contribution in [2.24, 2.45) is 7.05 Å². The summed E-state index contributed by atoms with van der Waals surface area (Å²) in [6.45, 7) is 3.68. The zero-order valence-electron chi connectivity index (χ0n) is 13.8. The van der Waals surface area contributed by atoms with Gasteiger partial charge in [0.25, 0.3) is 0 Å². The van der Waals surface area contributed by atoms with E-state index in [0.717, 1.165) is 17.0 Å². The highest BCUT2D eigenvalue weighted by atomic mass is 35.5. The van der Waals surface area contributed by atoms with Gasteiger partial charge in [0.1, 0.15) is 5.82 Å². The highest BCUT2D eigenvalue weighted by molar-refractivity contribution is 7.88. The molecule has 8 heteroatoms. The maximum absolute atomic E-state index is 12.9. The molecule has 1 fully saturated rings. The van der Waals surface area contributed by atoms with Gasteiger partial charge in [-0.15, -0.1) is 12.4 Å². The third kappa shape index (κ3) is 3.97. The largest absolute Gasteiger partial charge is 0.337 e. The smallest absolute Gasteiger partial charge is 0.219 e. The maximum atomic E-state index is 12.9. The summed E-state index contributed by atoms with van der Waals surface area (Å²) in [6, 6.07) is 7.39. The SMILES string of the molecule is Cc1cccc(CS(=O)(=O)N2CCNCC2c2nccn2C)c1.Cl. The minimum Gasteiger partial charge on any atom is -0.337 e. The van der Waals surface area contributed by atoms with E-state index in [0.29, 0.717) is 19.6 Å². The number of aromatic nitrogens is 2. The van der Waals surface area contributed by atoms with E-state index < -0.39 is 10.0 Å². The zero-order chi connectivity index (χ0) is 16.4. The first-order chi connectivity index (χ1) is 11.0. The van der Waals surface area contributed by atoms with Crippen LogP contribution in [0.5, 0.6) is 0 Å². The number of benzene rings is 1. The average Bonchev–Trinajstić information content (AvgIpc) is 2.93. The Bertz CT molecular complexity index is 791. The minimum absolute atomic E-state index is 0.